The Morgan fingerprint density at radius 2 is 1.54 bits per heavy atom. The van der Waals surface area contributed by atoms with Gasteiger partial charge in [-0.1, -0.05) is 0 Å². The van der Waals surface area contributed by atoms with Crippen molar-refractivity contribution >= 4 is 0 Å². The number of ether oxygens (including phenoxy) is 3. The lowest BCUT2D eigenvalue weighted by molar-refractivity contribution is -0.315. The van der Waals surface area contributed by atoms with E-state index in [0.29, 0.717) is 0 Å². The maximum absolute atomic E-state index is 10.2. The van der Waals surface area contributed by atoms with Crippen molar-refractivity contribution in [1.29, 1.82) is 0 Å². The third kappa shape index (κ3) is 3.73. The normalized spacial score (nSPS) is 50.0. The van der Waals surface area contributed by atoms with E-state index in [4.69, 9.17) is 14.2 Å². The largest absolute Gasteiger partial charge is 0.396 e. The van der Waals surface area contributed by atoms with Crippen molar-refractivity contribution in [3.05, 3.63) is 0 Å². The molecule has 2 rings (SSSR count). The van der Waals surface area contributed by atoms with E-state index >= 15 is 0 Å². The second-order valence-corrected chi connectivity index (χ2v) is 6.23. The first-order valence-corrected chi connectivity index (χ1v) is 7.81. The fraction of sp³-hybridized carbons (Fsp3) is 1.00. The minimum absolute atomic E-state index is 0.0149. The topological polar surface area (TPSA) is 169 Å². The molecule has 1 aliphatic heterocycles. The van der Waals surface area contributed by atoms with Crippen LogP contribution in [0.15, 0.2) is 0 Å². The van der Waals surface area contributed by atoms with Crippen LogP contribution in [0.3, 0.4) is 0 Å². The molecule has 0 spiro atoms. The summed E-state index contributed by atoms with van der Waals surface area (Å²) in [7, 11) is 1.27. The zero-order valence-electron chi connectivity index (χ0n) is 13.3. The SMILES string of the molecule is CO[C@H]1O[C@H](CO)[C@@H](O[C@H]2C[C@H](CO)[C@@H](O)[C@H](O)[C@H]2O)[C@H](O)[C@H]1O. The molecule has 0 amide bonds. The third-order valence-electron chi connectivity index (χ3n) is 4.72. The van der Waals surface area contributed by atoms with Crippen LogP contribution in [0.2, 0.25) is 0 Å². The number of aliphatic hydroxyl groups excluding tert-OH is 7. The Morgan fingerprint density at radius 3 is 2.08 bits per heavy atom. The van der Waals surface area contributed by atoms with Gasteiger partial charge in [0.2, 0.25) is 0 Å². The first-order chi connectivity index (χ1) is 11.3. The molecule has 0 aromatic heterocycles. The van der Waals surface area contributed by atoms with Crippen molar-refractivity contribution < 1.29 is 50.0 Å². The van der Waals surface area contributed by atoms with Crippen molar-refractivity contribution in [2.24, 2.45) is 5.92 Å². The third-order valence-corrected chi connectivity index (χ3v) is 4.72. The molecule has 0 aromatic rings. The highest BCUT2D eigenvalue weighted by molar-refractivity contribution is 4.96. The van der Waals surface area contributed by atoms with Gasteiger partial charge in [0, 0.05) is 19.6 Å². The molecular weight excluding hydrogens is 328 g/mol. The van der Waals surface area contributed by atoms with Crippen molar-refractivity contribution in [2.75, 3.05) is 20.3 Å². The Hall–Kier alpha value is -0.400. The standard InChI is InChI=1S/C14H26O10/c1-22-14-12(21)11(20)13(7(4-16)24-14)23-6-2-5(3-15)8(17)10(19)9(6)18/h5-21H,2-4H2,1H3/t5-,6+,7-,8-,9+,10+,11-,12-,13-,14+/m1/s1. The number of rotatable bonds is 5. The van der Waals surface area contributed by atoms with Crippen LogP contribution >= 0.6 is 0 Å². The summed E-state index contributed by atoms with van der Waals surface area (Å²) in [4.78, 5) is 0. The maximum atomic E-state index is 10.2. The molecule has 142 valence electrons. The highest BCUT2D eigenvalue weighted by Crippen LogP contribution is 2.32. The van der Waals surface area contributed by atoms with Gasteiger partial charge in [-0.05, 0) is 6.42 Å². The van der Waals surface area contributed by atoms with Gasteiger partial charge in [-0.3, -0.25) is 0 Å². The van der Waals surface area contributed by atoms with Gasteiger partial charge in [-0.15, -0.1) is 0 Å². The second kappa shape index (κ2) is 8.32. The molecule has 1 heterocycles. The lowest BCUT2D eigenvalue weighted by Crippen LogP contribution is -2.63. The summed E-state index contributed by atoms with van der Waals surface area (Å²) in [5.41, 5.74) is 0. The van der Waals surface area contributed by atoms with Crippen LogP contribution < -0.4 is 0 Å². The molecule has 0 bridgehead atoms. The lowest BCUT2D eigenvalue weighted by Gasteiger charge is -2.46. The van der Waals surface area contributed by atoms with Gasteiger partial charge in [0.15, 0.2) is 6.29 Å². The van der Waals surface area contributed by atoms with Crippen LogP contribution in [-0.2, 0) is 14.2 Å². The van der Waals surface area contributed by atoms with Gasteiger partial charge < -0.3 is 50.0 Å². The molecular formula is C14H26O10. The van der Waals surface area contributed by atoms with Crippen molar-refractivity contribution in [3.63, 3.8) is 0 Å². The van der Waals surface area contributed by atoms with Crippen molar-refractivity contribution in [3.8, 4) is 0 Å². The fourth-order valence-electron chi connectivity index (χ4n) is 3.21. The first-order valence-electron chi connectivity index (χ1n) is 7.81. The molecule has 2 aliphatic rings. The summed E-state index contributed by atoms with van der Waals surface area (Å²) in [6, 6.07) is 0. The van der Waals surface area contributed by atoms with Crippen LogP contribution in [-0.4, -0.2) is 111 Å². The highest BCUT2D eigenvalue weighted by Gasteiger charge is 2.49. The fourth-order valence-corrected chi connectivity index (χ4v) is 3.21. The molecule has 0 unspecified atom stereocenters. The zero-order chi connectivity index (χ0) is 18.0. The molecule has 24 heavy (non-hydrogen) atoms. The minimum Gasteiger partial charge on any atom is -0.396 e. The number of hydrogen-bond donors (Lipinski definition) is 7. The molecule has 10 heteroatoms. The smallest absolute Gasteiger partial charge is 0.186 e. The maximum Gasteiger partial charge on any atom is 0.186 e. The molecule has 1 saturated carbocycles. The average molecular weight is 354 g/mol. The van der Waals surface area contributed by atoms with Gasteiger partial charge in [-0.25, -0.2) is 0 Å². The van der Waals surface area contributed by atoms with Crippen LogP contribution in [0.4, 0.5) is 0 Å². The first kappa shape index (κ1) is 19.9. The monoisotopic (exact) mass is 354 g/mol. The van der Waals surface area contributed by atoms with E-state index in [1.807, 2.05) is 0 Å². The Labute approximate surface area is 138 Å². The molecule has 10 atom stereocenters. The summed E-state index contributed by atoms with van der Waals surface area (Å²) in [5, 5.41) is 68.6. The predicted octanol–water partition coefficient (Wildman–Crippen LogP) is -4.08. The van der Waals surface area contributed by atoms with Gasteiger partial charge >= 0.3 is 0 Å². The summed E-state index contributed by atoms with van der Waals surface area (Å²) in [6.45, 7) is -0.960. The van der Waals surface area contributed by atoms with E-state index in [0.717, 1.165) is 0 Å². The Morgan fingerprint density at radius 1 is 0.875 bits per heavy atom. The molecule has 2 fully saturated rings. The van der Waals surface area contributed by atoms with Gasteiger partial charge in [0.05, 0.1) is 18.8 Å². The van der Waals surface area contributed by atoms with E-state index in [1.165, 1.54) is 7.11 Å². The summed E-state index contributed by atoms with van der Waals surface area (Å²) in [5.74, 6) is -0.723. The van der Waals surface area contributed by atoms with Crippen molar-refractivity contribution in [2.45, 2.75) is 61.5 Å². The quantitative estimate of drug-likeness (QED) is 0.258. The summed E-state index contributed by atoms with van der Waals surface area (Å²) < 4.78 is 15.8. The van der Waals surface area contributed by atoms with Crippen LogP contribution in [0.25, 0.3) is 0 Å². The van der Waals surface area contributed by atoms with Gasteiger partial charge in [-0.2, -0.15) is 0 Å². The molecule has 0 aromatic carbocycles. The number of hydrogen-bond acceptors (Lipinski definition) is 10. The Kier molecular flexibility index (Phi) is 6.90. The average Bonchev–Trinajstić information content (AvgIpc) is 2.59. The summed E-state index contributed by atoms with van der Waals surface area (Å²) in [6.07, 6.45) is -11.6. The van der Waals surface area contributed by atoms with Gasteiger partial charge in [0.25, 0.3) is 0 Å². The zero-order valence-corrected chi connectivity index (χ0v) is 13.3. The van der Waals surface area contributed by atoms with Gasteiger partial charge in [0.1, 0.15) is 36.6 Å². The van der Waals surface area contributed by atoms with E-state index in [2.05, 4.69) is 0 Å². The minimum atomic E-state index is -1.54. The molecule has 7 N–H and O–H groups in total. The van der Waals surface area contributed by atoms with Crippen LogP contribution in [0, 0.1) is 5.92 Å². The molecule has 1 aliphatic carbocycles. The van der Waals surface area contributed by atoms with Crippen LogP contribution in [0.5, 0.6) is 0 Å². The Balaban J connectivity index is 2.12. The van der Waals surface area contributed by atoms with E-state index < -0.39 is 74.3 Å². The highest BCUT2D eigenvalue weighted by atomic mass is 16.7. The predicted molar refractivity (Wildman–Crippen MR) is 76.6 cm³/mol. The molecule has 1 saturated heterocycles. The lowest BCUT2D eigenvalue weighted by atomic mass is 9.81. The second-order valence-electron chi connectivity index (χ2n) is 6.23. The number of aliphatic hydroxyl groups is 7. The molecule has 10 nitrogen and oxygen atoms in total. The van der Waals surface area contributed by atoms with Crippen molar-refractivity contribution in [1.82, 2.24) is 0 Å². The van der Waals surface area contributed by atoms with E-state index in [1.54, 1.807) is 0 Å². The Bertz CT molecular complexity index is 392. The van der Waals surface area contributed by atoms with E-state index in [9.17, 15) is 35.7 Å². The van der Waals surface area contributed by atoms with E-state index in [-0.39, 0.29) is 6.42 Å². The number of methoxy groups -OCH3 is 1. The summed E-state index contributed by atoms with van der Waals surface area (Å²) >= 11 is 0. The molecule has 0 radical (unpaired) electrons. The van der Waals surface area contributed by atoms with Crippen LogP contribution in [0.1, 0.15) is 6.42 Å².